The van der Waals surface area contributed by atoms with Crippen LogP contribution in [0.1, 0.15) is 11.6 Å². The third-order valence-corrected chi connectivity index (χ3v) is 2.92. The lowest BCUT2D eigenvalue weighted by Gasteiger charge is -2.17. The Labute approximate surface area is 120 Å². The van der Waals surface area contributed by atoms with Gasteiger partial charge >= 0.3 is 5.97 Å². The number of carbonyl (C=O) groups is 1. The Bertz CT molecular complexity index is 661. The highest BCUT2D eigenvalue weighted by molar-refractivity contribution is 5.79. The van der Waals surface area contributed by atoms with Gasteiger partial charge in [-0.1, -0.05) is 18.2 Å². The second-order valence-corrected chi connectivity index (χ2v) is 4.29. The topological polar surface area (TPSA) is 58.6 Å². The van der Waals surface area contributed by atoms with Crippen molar-refractivity contribution in [3.05, 3.63) is 59.7 Å². The third-order valence-electron chi connectivity index (χ3n) is 2.92. The van der Waals surface area contributed by atoms with Crippen molar-refractivity contribution in [2.24, 2.45) is 0 Å². The number of carboxylic acid groups (broad SMARTS) is 1. The predicted octanol–water partition coefficient (Wildman–Crippen LogP) is 3.21. The summed E-state index contributed by atoms with van der Waals surface area (Å²) in [4.78, 5) is 11.3. The fourth-order valence-electron chi connectivity index (χ4n) is 1.90. The van der Waals surface area contributed by atoms with Gasteiger partial charge in [0.15, 0.2) is 17.7 Å². The van der Waals surface area contributed by atoms with E-state index in [4.69, 9.17) is 4.74 Å². The van der Waals surface area contributed by atoms with E-state index in [2.05, 4.69) is 5.32 Å². The number of aliphatic carboxylic acids is 1. The Morgan fingerprint density at radius 3 is 2.62 bits per heavy atom. The van der Waals surface area contributed by atoms with Crippen LogP contribution in [0.25, 0.3) is 0 Å². The maximum Gasteiger partial charge on any atom is 0.330 e. The van der Waals surface area contributed by atoms with Gasteiger partial charge in [0.25, 0.3) is 0 Å². The molecule has 1 unspecified atom stereocenters. The summed E-state index contributed by atoms with van der Waals surface area (Å²) in [6.45, 7) is 0. The number of methoxy groups -OCH3 is 1. The highest BCUT2D eigenvalue weighted by Crippen LogP contribution is 2.25. The molecule has 0 fully saturated rings. The minimum atomic E-state index is -1.41. The zero-order valence-electron chi connectivity index (χ0n) is 11.1. The summed E-state index contributed by atoms with van der Waals surface area (Å²) in [6.07, 6.45) is 0. The molecule has 6 heteroatoms. The lowest BCUT2D eigenvalue weighted by atomic mass is 10.1. The molecule has 0 aliphatic carbocycles. The van der Waals surface area contributed by atoms with Gasteiger partial charge in [-0.25, -0.2) is 13.6 Å². The summed E-state index contributed by atoms with van der Waals surface area (Å²) in [5.41, 5.74) is 0.149. The van der Waals surface area contributed by atoms with E-state index in [1.165, 1.54) is 19.2 Å². The molecule has 0 spiro atoms. The molecule has 0 aromatic heterocycles. The van der Waals surface area contributed by atoms with Crippen molar-refractivity contribution in [3.8, 4) is 5.75 Å². The highest BCUT2D eigenvalue weighted by atomic mass is 19.2. The van der Waals surface area contributed by atoms with Gasteiger partial charge in [0.2, 0.25) is 0 Å². The van der Waals surface area contributed by atoms with Crippen LogP contribution in [0.4, 0.5) is 14.5 Å². The van der Waals surface area contributed by atoms with Crippen LogP contribution in [0, 0.1) is 11.6 Å². The first-order valence-corrected chi connectivity index (χ1v) is 6.10. The Hall–Kier alpha value is -2.63. The van der Waals surface area contributed by atoms with Gasteiger partial charge in [-0.05, 0) is 18.2 Å². The van der Waals surface area contributed by atoms with Gasteiger partial charge in [-0.2, -0.15) is 0 Å². The Morgan fingerprint density at radius 2 is 1.95 bits per heavy atom. The second kappa shape index (κ2) is 6.21. The quantitative estimate of drug-likeness (QED) is 0.888. The van der Waals surface area contributed by atoms with E-state index in [0.29, 0.717) is 11.4 Å². The largest absolute Gasteiger partial charge is 0.497 e. The molecule has 2 aromatic carbocycles. The molecule has 2 aromatic rings. The number of anilines is 1. The molecule has 4 nitrogen and oxygen atoms in total. The molecule has 0 saturated carbocycles. The van der Waals surface area contributed by atoms with E-state index < -0.39 is 23.6 Å². The minimum absolute atomic E-state index is 0.273. The van der Waals surface area contributed by atoms with Crippen LogP contribution in [-0.4, -0.2) is 18.2 Å². The summed E-state index contributed by atoms with van der Waals surface area (Å²) in [5, 5.41) is 11.9. The molecule has 0 aliphatic rings. The van der Waals surface area contributed by atoms with Crippen molar-refractivity contribution in [2.45, 2.75) is 6.04 Å². The van der Waals surface area contributed by atoms with Crippen molar-refractivity contribution >= 4 is 11.7 Å². The number of hydrogen-bond acceptors (Lipinski definition) is 3. The van der Waals surface area contributed by atoms with E-state index in [-0.39, 0.29) is 5.56 Å². The zero-order valence-corrected chi connectivity index (χ0v) is 11.1. The van der Waals surface area contributed by atoms with E-state index in [9.17, 15) is 18.7 Å². The number of halogens is 2. The van der Waals surface area contributed by atoms with E-state index in [1.807, 2.05) is 0 Å². The van der Waals surface area contributed by atoms with Crippen molar-refractivity contribution in [1.82, 2.24) is 0 Å². The van der Waals surface area contributed by atoms with Crippen molar-refractivity contribution in [3.63, 3.8) is 0 Å². The van der Waals surface area contributed by atoms with E-state index in [1.54, 1.807) is 24.3 Å². The molecule has 0 bridgehead atoms. The summed E-state index contributed by atoms with van der Waals surface area (Å²) in [7, 11) is 1.47. The van der Waals surface area contributed by atoms with Gasteiger partial charge < -0.3 is 15.2 Å². The molecule has 0 amide bonds. The molecule has 0 aliphatic heterocycles. The van der Waals surface area contributed by atoms with Gasteiger partial charge in [-0.3, -0.25) is 0 Å². The van der Waals surface area contributed by atoms with Crippen molar-refractivity contribution < 1.29 is 23.4 Å². The van der Waals surface area contributed by atoms with Crippen LogP contribution in [-0.2, 0) is 4.79 Å². The SMILES string of the molecule is COc1cccc(NC(C(=O)O)c2cccc(F)c2F)c1. The second-order valence-electron chi connectivity index (χ2n) is 4.29. The number of carboxylic acids is 1. The third kappa shape index (κ3) is 3.28. The van der Waals surface area contributed by atoms with Crippen LogP contribution in [0.5, 0.6) is 5.75 Å². The van der Waals surface area contributed by atoms with Crippen LogP contribution in [0.2, 0.25) is 0 Å². The molecule has 1 atom stereocenters. The normalized spacial score (nSPS) is 11.8. The van der Waals surface area contributed by atoms with Gasteiger partial charge in [-0.15, -0.1) is 0 Å². The molecular formula is C15H13F2NO3. The molecule has 110 valence electrons. The van der Waals surface area contributed by atoms with Crippen molar-refractivity contribution in [2.75, 3.05) is 12.4 Å². The van der Waals surface area contributed by atoms with Crippen LogP contribution >= 0.6 is 0 Å². The fourth-order valence-corrected chi connectivity index (χ4v) is 1.90. The average molecular weight is 293 g/mol. The van der Waals surface area contributed by atoms with Crippen molar-refractivity contribution in [1.29, 1.82) is 0 Å². The maximum absolute atomic E-state index is 13.8. The molecule has 2 N–H and O–H groups in total. The first-order chi connectivity index (χ1) is 10.0. The Kier molecular flexibility index (Phi) is 4.37. The lowest BCUT2D eigenvalue weighted by Crippen LogP contribution is -2.22. The summed E-state index contributed by atoms with van der Waals surface area (Å²) < 4.78 is 32.0. The molecule has 2 rings (SSSR count). The average Bonchev–Trinajstić information content (AvgIpc) is 2.48. The predicted molar refractivity (Wildman–Crippen MR) is 73.4 cm³/mol. The number of rotatable bonds is 5. The maximum atomic E-state index is 13.8. The zero-order chi connectivity index (χ0) is 15.4. The number of benzene rings is 2. The molecule has 0 heterocycles. The van der Waals surface area contributed by atoms with Crippen LogP contribution in [0.3, 0.4) is 0 Å². The molecule has 0 radical (unpaired) electrons. The number of hydrogen-bond donors (Lipinski definition) is 2. The first kappa shape index (κ1) is 14.8. The molecule has 21 heavy (non-hydrogen) atoms. The van der Waals surface area contributed by atoms with E-state index in [0.717, 1.165) is 6.07 Å². The summed E-state index contributed by atoms with van der Waals surface area (Å²) in [5.74, 6) is -3.07. The van der Waals surface area contributed by atoms with Crippen LogP contribution in [0.15, 0.2) is 42.5 Å². The summed E-state index contributed by atoms with van der Waals surface area (Å²) >= 11 is 0. The number of nitrogens with one attached hydrogen (secondary N) is 1. The molecule has 0 saturated heterocycles. The van der Waals surface area contributed by atoms with Crippen LogP contribution < -0.4 is 10.1 Å². The highest BCUT2D eigenvalue weighted by Gasteiger charge is 2.24. The standard InChI is InChI=1S/C15H13F2NO3/c1-21-10-5-2-4-9(8-10)18-14(15(19)20)11-6-3-7-12(16)13(11)17/h2-8,14,18H,1H3,(H,19,20). The minimum Gasteiger partial charge on any atom is -0.497 e. The van der Waals surface area contributed by atoms with Gasteiger partial charge in [0.05, 0.1) is 7.11 Å². The van der Waals surface area contributed by atoms with E-state index >= 15 is 0 Å². The summed E-state index contributed by atoms with van der Waals surface area (Å²) in [6, 6.07) is 8.52. The van der Waals surface area contributed by atoms with Gasteiger partial charge in [0, 0.05) is 17.3 Å². The molecular weight excluding hydrogens is 280 g/mol. The lowest BCUT2D eigenvalue weighted by molar-refractivity contribution is -0.138. The Balaban J connectivity index is 2.35. The monoisotopic (exact) mass is 293 g/mol. The fraction of sp³-hybridized carbons (Fsp3) is 0.133. The smallest absolute Gasteiger partial charge is 0.330 e. The Morgan fingerprint density at radius 1 is 1.24 bits per heavy atom. The first-order valence-electron chi connectivity index (χ1n) is 6.10. The number of ether oxygens (including phenoxy) is 1. The van der Waals surface area contributed by atoms with Gasteiger partial charge in [0.1, 0.15) is 5.75 Å².